The van der Waals surface area contributed by atoms with Crippen LogP contribution >= 0.6 is 0 Å². The fourth-order valence-corrected chi connectivity index (χ4v) is 1.85. The Morgan fingerprint density at radius 1 is 1.33 bits per heavy atom. The third kappa shape index (κ3) is 1.57. The normalized spacial score (nSPS) is 10.4. The lowest BCUT2D eigenvalue weighted by Crippen LogP contribution is -1.93. The Morgan fingerprint density at radius 3 is 3.06 bits per heavy atom. The average molecular weight is 237 g/mol. The second kappa shape index (κ2) is 3.86. The van der Waals surface area contributed by atoms with Gasteiger partial charge in [0.05, 0.1) is 11.1 Å². The molecule has 1 aromatic carbocycles. The zero-order valence-electron chi connectivity index (χ0n) is 9.18. The fraction of sp³-hybridized carbons (Fsp3) is 0. The van der Waals surface area contributed by atoms with Crippen LogP contribution in [0.15, 0.2) is 45.9 Å². The molecular weight excluding hydrogens is 230 g/mol. The summed E-state index contributed by atoms with van der Waals surface area (Å²) in [5, 5.41) is 9.03. The van der Waals surface area contributed by atoms with E-state index in [2.05, 4.69) is 16.0 Å². The molecule has 0 radical (unpaired) electrons. The number of oxazole rings is 1. The molecule has 0 fully saturated rings. The van der Waals surface area contributed by atoms with Gasteiger partial charge < -0.3 is 4.42 Å². The van der Waals surface area contributed by atoms with Crippen molar-refractivity contribution in [3.63, 3.8) is 0 Å². The summed E-state index contributed by atoms with van der Waals surface area (Å²) in [6, 6.07) is 9.12. The number of aromatic amines is 1. The summed E-state index contributed by atoms with van der Waals surface area (Å²) < 4.78 is 4.93. The van der Waals surface area contributed by atoms with Gasteiger partial charge in [0, 0.05) is 18.0 Å². The van der Waals surface area contributed by atoms with Gasteiger partial charge in [-0.05, 0) is 23.8 Å². The first-order chi connectivity index (χ1) is 8.78. The first kappa shape index (κ1) is 10.3. The number of pyridine rings is 1. The number of nitrogens with zero attached hydrogens (tertiary/aromatic N) is 2. The topological polar surface area (TPSA) is 82.7 Å². The second-order valence-electron chi connectivity index (χ2n) is 3.76. The molecule has 2 aromatic heterocycles. The minimum atomic E-state index is -0.489. The maximum Gasteiger partial charge on any atom is 0.417 e. The predicted molar refractivity (Wildman–Crippen MR) is 64.8 cm³/mol. The first-order valence-corrected chi connectivity index (χ1v) is 5.25. The van der Waals surface area contributed by atoms with Crippen molar-refractivity contribution in [3.8, 4) is 17.2 Å². The van der Waals surface area contributed by atoms with E-state index in [4.69, 9.17) is 9.68 Å². The molecular formula is C13H7N3O2. The summed E-state index contributed by atoms with van der Waals surface area (Å²) in [7, 11) is 0. The molecule has 0 amide bonds. The summed E-state index contributed by atoms with van der Waals surface area (Å²) in [6.07, 6.45) is 3.14. The van der Waals surface area contributed by atoms with Crippen molar-refractivity contribution >= 4 is 11.1 Å². The van der Waals surface area contributed by atoms with Gasteiger partial charge in [-0.3, -0.25) is 9.97 Å². The monoisotopic (exact) mass is 237 g/mol. The number of benzene rings is 1. The minimum absolute atomic E-state index is 0.489. The molecule has 3 rings (SSSR count). The number of fused-ring (bicyclic) bond motifs is 1. The summed E-state index contributed by atoms with van der Waals surface area (Å²) in [5.74, 6) is -0.489. The van der Waals surface area contributed by atoms with Crippen LogP contribution in [-0.4, -0.2) is 9.97 Å². The van der Waals surface area contributed by atoms with Gasteiger partial charge in [-0.1, -0.05) is 6.07 Å². The van der Waals surface area contributed by atoms with Crippen LogP contribution in [-0.2, 0) is 0 Å². The molecule has 0 aliphatic heterocycles. The second-order valence-corrected chi connectivity index (χ2v) is 3.76. The molecule has 0 aliphatic rings. The van der Waals surface area contributed by atoms with Crippen LogP contribution in [0.2, 0.25) is 0 Å². The Kier molecular flexibility index (Phi) is 2.21. The molecule has 0 unspecified atom stereocenters. The van der Waals surface area contributed by atoms with Crippen LogP contribution in [0.5, 0.6) is 0 Å². The van der Waals surface area contributed by atoms with Crippen molar-refractivity contribution in [2.45, 2.75) is 0 Å². The van der Waals surface area contributed by atoms with Crippen LogP contribution in [0.3, 0.4) is 0 Å². The molecule has 5 heteroatoms. The Morgan fingerprint density at radius 2 is 2.22 bits per heavy atom. The minimum Gasteiger partial charge on any atom is -0.408 e. The van der Waals surface area contributed by atoms with E-state index >= 15 is 0 Å². The average Bonchev–Trinajstić information content (AvgIpc) is 2.77. The highest BCUT2D eigenvalue weighted by Gasteiger charge is 2.07. The van der Waals surface area contributed by atoms with Gasteiger partial charge in [0.2, 0.25) is 0 Å². The molecule has 1 N–H and O–H groups in total. The fourth-order valence-electron chi connectivity index (χ4n) is 1.85. The summed E-state index contributed by atoms with van der Waals surface area (Å²) in [4.78, 5) is 17.6. The Hall–Kier alpha value is -2.87. The van der Waals surface area contributed by atoms with E-state index < -0.39 is 5.76 Å². The van der Waals surface area contributed by atoms with Gasteiger partial charge >= 0.3 is 5.76 Å². The van der Waals surface area contributed by atoms with Crippen LogP contribution in [0.4, 0.5) is 0 Å². The van der Waals surface area contributed by atoms with Crippen molar-refractivity contribution in [3.05, 3.63) is 52.8 Å². The van der Waals surface area contributed by atoms with E-state index in [1.807, 2.05) is 0 Å². The Bertz CT molecular complexity index is 824. The molecule has 0 atom stereocenters. The van der Waals surface area contributed by atoms with E-state index in [0.717, 1.165) is 11.1 Å². The van der Waals surface area contributed by atoms with Gasteiger partial charge in [0.15, 0.2) is 5.58 Å². The Balaban J connectivity index is 2.25. The van der Waals surface area contributed by atoms with E-state index in [9.17, 15) is 4.79 Å². The van der Waals surface area contributed by atoms with Gasteiger partial charge in [-0.25, -0.2) is 4.79 Å². The van der Waals surface area contributed by atoms with Crippen molar-refractivity contribution in [2.75, 3.05) is 0 Å². The van der Waals surface area contributed by atoms with Crippen molar-refractivity contribution in [1.82, 2.24) is 9.97 Å². The summed E-state index contributed by atoms with van der Waals surface area (Å²) in [6.45, 7) is 0. The number of nitrogens with one attached hydrogen (secondary N) is 1. The van der Waals surface area contributed by atoms with Crippen molar-refractivity contribution < 1.29 is 4.42 Å². The lowest BCUT2D eigenvalue weighted by molar-refractivity contribution is 0.555. The third-order valence-electron chi connectivity index (χ3n) is 2.67. The van der Waals surface area contributed by atoms with Gasteiger partial charge in [-0.2, -0.15) is 5.26 Å². The van der Waals surface area contributed by atoms with E-state index in [1.54, 1.807) is 30.5 Å². The number of nitriles is 1. The molecule has 0 saturated carbocycles. The molecule has 18 heavy (non-hydrogen) atoms. The quantitative estimate of drug-likeness (QED) is 0.702. The van der Waals surface area contributed by atoms with Crippen LogP contribution in [0.25, 0.3) is 22.2 Å². The van der Waals surface area contributed by atoms with E-state index in [0.29, 0.717) is 16.7 Å². The molecule has 2 heterocycles. The standard InChI is InChI=1S/C13H7N3O2/c14-6-9-7-15-4-3-10(9)8-1-2-12-11(5-8)16-13(17)18-12/h1-5,7H,(H,16,17). The largest absolute Gasteiger partial charge is 0.417 e. The maximum absolute atomic E-state index is 11.1. The van der Waals surface area contributed by atoms with Gasteiger partial charge in [0.25, 0.3) is 0 Å². The molecule has 0 bridgehead atoms. The number of H-pyrrole nitrogens is 1. The highest BCUT2D eigenvalue weighted by atomic mass is 16.4. The molecule has 0 spiro atoms. The summed E-state index contributed by atoms with van der Waals surface area (Å²) in [5.41, 5.74) is 3.20. The van der Waals surface area contributed by atoms with Gasteiger partial charge in [-0.15, -0.1) is 0 Å². The zero-order valence-corrected chi connectivity index (χ0v) is 9.18. The summed E-state index contributed by atoms with van der Waals surface area (Å²) >= 11 is 0. The van der Waals surface area contributed by atoms with Gasteiger partial charge in [0.1, 0.15) is 6.07 Å². The molecule has 5 nitrogen and oxygen atoms in total. The van der Waals surface area contributed by atoms with Crippen LogP contribution < -0.4 is 5.76 Å². The first-order valence-electron chi connectivity index (χ1n) is 5.25. The van der Waals surface area contributed by atoms with Crippen LogP contribution in [0, 0.1) is 11.3 Å². The zero-order chi connectivity index (χ0) is 12.5. The SMILES string of the molecule is N#Cc1cnccc1-c1ccc2oc(=O)[nH]c2c1. The van der Waals surface area contributed by atoms with E-state index in [1.165, 1.54) is 6.20 Å². The molecule has 86 valence electrons. The number of aromatic nitrogens is 2. The van der Waals surface area contributed by atoms with Crippen molar-refractivity contribution in [1.29, 1.82) is 5.26 Å². The lowest BCUT2D eigenvalue weighted by atomic mass is 10.0. The maximum atomic E-state index is 11.1. The highest BCUT2D eigenvalue weighted by Crippen LogP contribution is 2.25. The van der Waals surface area contributed by atoms with Crippen molar-refractivity contribution in [2.24, 2.45) is 0 Å². The molecule has 0 saturated heterocycles. The number of rotatable bonds is 1. The van der Waals surface area contributed by atoms with E-state index in [-0.39, 0.29) is 0 Å². The number of hydrogen-bond acceptors (Lipinski definition) is 4. The highest BCUT2D eigenvalue weighted by molar-refractivity contribution is 5.81. The number of hydrogen-bond donors (Lipinski definition) is 1. The van der Waals surface area contributed by atoms with Crippen LogP contribution in [0.1, 0.15) is 5.56 Å². The predicted octanol–water partition coefficient (Wildman–Crippen LogP) is 2.05. The molecule has 0 aliphatic carbocycles. The third-order valence-corrected chi connectivity index (χ3v) is 2.67. The Labute approximate surface area is 101 Å². The lowest BCUT2D eigenvalue weighted by Gasteiger charge is -2.02. The molecule has 3 aromatic rings. The smallest absolute Gasteiger partial charge is 0.408 e.